The fraction of sp³-hybridized carbons (Fsp3) is 0. The molecule has 0 aliphatic carbocycles. The van der Waals surface area contributed by atoms with Gasteiger partial charge in [-0.05, 0) is 0 Å². The lowest BCUT2D eigenvalue weighted by Gasteiger charge is -1.86. The predicted octanol–water partition coefficient (Wildman–Crippen LogP) is -2.35. The molecule has 0 aromatic heterocycles. The zero-order chi connectivity index (χ0) is 6.73. The SMILES string of the molecule is O=C(O)C(=O)B(O)O. The second-order valence-corrected chi connectivity index (χ2v) is 1.04. The van der Waals surface area contributed by atoms with Crippen LogP contribution < -0.4 is 0 Å². The molecule has 0 atom stereocenters. The van der Waals surface area contributed by atoms with Gasteiger partial charge in [-0.2, -0.15) is 0 Å². The van der Waals surface area contributed by atoms with Crippen LogP contribution in [0.4, 0.5) is 0 Å². The largest absolute Gasteiger partial charge is 0.541 e. The summed E-state index contributed by atoms with van der Waals surface area (Å²) in [5, 5.41) is 23.3. The minimum Gasteiger partial charge on any atom is -0.476 e. The molecule has 0 saturated carbocycles. The maximum atomic E-state index is 9.74. The van der Waals surface area contributed by atoms with Crippen LogP contribution in [0.5, 0.6) is 0 Å². The first kappa shape index (κ1) is 7.12. The highest BCUT2D eigenvalue weighted by Gasteiger charge is 2.26. The lowest BCUT2D eigenvalue weighted by atomic mass is 9.85. The van der Waals surface area contributed by atoms with E-state index in [-0.39, 0.29) is 0 Å². The Bertz CT molecular complexity index is 118. The number of carboxylic acid groups (broad SMARTS) is 1. The third-order valence-electron chi connectivity index (χ3n) is 0.445. The Labute approximate surface area is 44.7 Å². The van der Waals surface area contributed by atoms with Crippen molar-refractivity contribution in [1.29, 1.82) is 0 Å². The molecule has 8 heavy (non-hydrogen) atoms. The average Bonchev–Trinajstić information content (AvgIpc) is 1.64. The van der Waals surface area contributed by atoms with E-state index in [1.165, 1.54) is 0 Å². The molecule has 0 aromatic carbocycles. The van der Waals surface area contributed by atoms with Gasteiger partial charge in [-0.25, -0.2) is 4.79 Å². The lowest BCUT2D eigenvalue weighted by molar-refractivity contribution is -0.146. The van der Waals surface area contributed by atoms with E-state index in [4.69, 9.17) is 15.2 Å². The first-order valence-electron chi connectivity index (χ1n) is 1.69. The molecule has 0 amide bonds. The van der Waals surface area contributed by atoms with E-state index in [0.717, 1.165) is 0 Å². The van der Waals surface area contributed by atoms with Crippen LogP contribution in [-0.4, -0.2) is 33.9 Å². The third-order valence-corrected chi connectivity index (χ3v) is 0.445. The molecule has 3 N–H and O–H groups in total. The number of carbonyl (C=O) groups excluding carboxylic acids is 1. The highest BCUT2D eigenvalue weighted by Crippen LogP contribution is 1.72. The van der Waals surface area contributed by atoms with Gasteiger partial charge in [-0.15, -0.1) is 0 Å². The van der Waals surface area contributed by atoms with Crippen LogP contribution in [0, 0.1) is 0 Å². The minimum atomic E-state index is -2.40. The van der Waals surface area contributed by atoms with Crippen molar-refractivity contribution in [1.82, 2.24) is 0 Å². The van der Waals surface area contributed by atoms with Gasteiger partial charge in [0, 0.05) is 0 Å². The Balaban J connectivity index is 3.84. The first-order chi connectivity index (χ1) is 3.55. The lowest BCUT2D eigenvalue weighted by Crippen LogP contribution is -2.32. The van der Waals surface area contributed by atoms with Crippen LogP contribution in [0.25, 0.3) is 0 Å². The number of carbonyl (C=O) groups is 2. The summed E-state index contributed by atoms with van der Waals surface area (Å²) in [5.41, 5.74) is -1.62. The van der Waals surface area contributed by atoms with Crippen molar-refractivity contribution < 1.29 is 24.7 Å². The van der Waals surface area contributed by atoms with Crippen LogP contribution in [0.1, 0.15) is 0 Å². The second kappa shape index (κ2) is 2.44. The molecule has 0 bridgehead atoms. The van der Waals surface area contributed by atoms with Crippen LogP contribution in [0.2, 0.25) is 0 Å². The van der Waals surface area contributed by atoms with Gasteiger partial charge in [0.1, 0.15) is 0 Å². The van der Waals surface area contributed by atoms with Gasteiger partial charge in [0.25, 0.3) is 5.68 Å². The summed E-state index contributed by atoms with van der Waals surface area (Å²) in [6.45, 7) is 0. The molecule has 0 aliphatic heterocycles. The fourth-order valence-corrected chi connectivity index (χ4v) is 0.110. The molecule has 6 heteroatoms. The van der Waals surface area contributed by atoms with Crippen LogP contribution in [-0.2, 0) is 9.59 Å². The fourth-order valence-electron chi connectivity index (χ4n) is 0.110. The zero-order valence-corrected chi connectivity index (χ0v) is 3.74. The van der Waals surface area contributed by atoms with E-state index in [1.807, 2.05) is 0 Å². The Kier molecular flexibility index (Phi) is 2.17. The Hall–Kier alpha value is -0.875. The smallest absolute Gasteiger partial charge is 0.476 e. The summed E-state index contributed by atoms with van der Waals surface area (Å²) in [7, 11) is -2.40. The van der Waals surface area contributed by atoms with Gasteiger partial charge in [0.05, 0.1) is 0 Å². The third kappa shape index (κ3) is 1.72. The maximum absolute atomic E-state index is 9.74. The van der Waals surface area contributed by atoms with Crippen molar-refractivity contribution in [3.63, 3.8) is 0 Å². The highest BCUT2D eigenvalue weighted by molar-refractivity contribution is 6.90. The number of aliphatic carboxylic acids is 1. The molecule has 0 rings (SSSR count). The first-order valence-corrected chi connectivity index (χ1v) is 1.69. The van der Waals surface area contributed by atoms with Gasteiger partial charge in [-0.1, -0.05) is 0 Å². The van der Waals surface area contributed by atoms with Crippen molar-refractivity contribution >= 4 is 18.8 Å². The summed E-state index contributed by atoms with van der Waals surface area (Å²) in [5.74, 6) is -1.85. The van der Waals surface area contributed by atoms with Gasteiger partial charge in [0.2, 0.25) is 0 Å². The van der Waals surface area contributed by atoms with Crippen LogP contribution in [0.3, 0.4) is 0 Å². The minimum absolute atomic E-state index is 1.62. The van der Waals surface area contributed by atoms with Gasteiger partial charge < -0.3 is 15.2 Å². The monoisotopic (exact) mass is 118 g/mol. The van der Waals surface area contributed by atoms with Gasteiger partial charge in [0.15, 0.2) is 0 Å². The predicted molar refractivity (Wildman–Crippen MR) is 22.8 cm³/mol. The van der Waals surface area contributed by atoms with E-state index in [0.29, 0.717) is 0 Å². The number of hydrogen-bond acceptors (Lipinski definition) is 4. The summed E-state index contributed by atoms with van der Waals surface area (Å²) >= 11 is 0. The van der Waals surface area contributed by atoms with Gasteiger partial charge >= 0.3 is 13.1 Å². The number of hydrogen-bond donors (Lipinski definition) is 3. The van der Waals surface area contributed by atoms with E-state index < -0.39 is 18.8 Å². The molecule has 0 aliphatic rings. The summed E-state index contributed by atoms with van der Waals surface area (Å²) in [6, 6.07) is 0. The van der Waals surface area contributed by atoms with E-state index in [9.17, 15) is 9.59 Å². The van der Waals surface area contributed by atoms with Crippen molar-refractivity contribution in [3.05, 3.63) is 0 Å². The molecule has 44 valence electrons. The molecule has 0 spiro atoms. The summed E-state index contributed by atoms with van der Waals surface area (Å²) in [6.07, 6.45) is 0. The van der Waals surface area contributed by atoms with Crippen molar-refractivity contribution in [2.24, 2.45) is 0 Å². The highest BCUT2D eigenvalue weighted by atomic mass is 16.4. The normalized spacial score (nSPS) is 8.25. The molecule has 0 heterocycles. The van der Waals surface area contributed by atoms with E-state index in [1.54, 1.807) is 0 Å². The van der Waals surface area contributed by atoms with Crippen molar-refractivity contribution in [2.45, 2.75) is 0 Å². The zero-order valence-electron chi connectivity index (χ0n) is 3.74. The molecular formula is C2H3BO5. The average molecular weight is 118 g/mol. The van der Waals surface area contributed by atoms with E-state index >= 15 is 0 Å². The molecule has 0 unspecified atom stereocenters. The van der Waals surface area contributed by atoms with E-state index in [2.05, 4.69) is 0 Å². The Morgan fingerprint density at radius 3 is 1.62 bits per heavy atom. The van der Waals surface area contributed by atoms with Crippen molar-refractivity contribution in [3.8, 4) is 0 Å². The molecule has 0 fully saturated rings. The quantitative estimate of drug-likeness (QED) is 0.278. The standard InChI is InChI=1S/C2H3BO5/c4-1(2(5)6)3(7)8/h7-8H,(H,5,6). The molecule has 0 aromatic rings. The molecule has 0 radical (unpaired) electrons. The topological polar surface area (TPSA) is 94.8 Å². The molecular weight excluding hydrogens is 115 g/mol. The maximum Gasteiger partial charge on any atom is 0.541 e. The van der Waals surface area contributed by atoms with Crippen LogP contribution >= 0.6 is 0 Å². The summed E-state index contributed by atoms with van der Waals surface area (Å²) in [4.78, 5) is 19.2. The van der Waals surface area contributed by atoms with Crippen LogP contribution in [0.15, 0.2) is 0 Å². The Morgan fingerprint density at radius 1 is 1.25 bits per heavy atom. The van der Waals surface area contributed by atoms with Gasteiger partial charge in [-0.3, -0.25) is 4.79 Å². The second-order valence-electron chi connectivity index (χ2n) is 1.04. The summed E-state index contributed by atoms with van der Waals surface area (Å²) < 4.78 is 0. The molecule has 0 saturated heterocycles. The number of carboxylic acids is 1. The Morgan fingerprint density at radius 2 is 1.62 bits per heavy atom. The molecule has 5 nitrogen and oxygen atoms in total. The van der Waals surface area contributed by atoms with Crippen molar-refractivity contribution in [2.75, 3.05) is 0 Å². The number of rotatable bonds is 2.